The van der Waals surface area contributed by atoms with E-state index in [9.17, 15) is 4.79 Å². The number of ether oxygens (including phenoxy) is 1. The highest BCUT2D eigenvalue weighted by Crippen LogP contribution is 2.19. The largest absolute Gasteiger partial charge is 0.469 e. The van der Waals surface area contributed by atoms with Crippen LogP contribution >= 0.6 is 11.1 Å². The molecule has 0 aromatic carbocycles. The Labute approximate surface area is 125 Å². The number of esters is 1. The normalized spacial score (nSPS) is 11.6. The molecule has 0 aromatic heterocycles. The Bertz CT molecular complexity index is 227. The van der Waals surface area contributed by atoms with Crippen LogP contribution in [0.25, 0.3) is 0 Å². The topological polar surface area (TPSA) is 26.3 Å². The van der Waals surface area contributed by atoms with Gasteiger partial charge in [0.05, 0.1) is 7.11 Å². The van der Waals surface area contributed by atoms with E-state index in [4.69, 9.17) is 11.1 Å². The summed E-state index contributed by atoms with van der Waals surface area (Å²) in [4.78, 5) is 10.9. The second-order valence-electron chi connectivity index (χ2n) is 5.98. The van der Waals surface area contributed by atoms with E-state index in [1.165, 1.54) is 58.1 Å². The molecule has 0 aromatic rings. The van der Waals surface area contributed by atoms with Crippen LogP contribution in [-0.4, -0.2) is 20.5 Å². The minimum Gasteiger partial charge on any atom is -0.469 e. The van der Waals surface area contributed by atoms with E-state index in [-0.39, 0.29) is 5.97 Å². The van der Waals surface area contributed by atoms with Crippen molar-refractivity contribution >= 4 is 24.4 Å². The molecular weight excluding hydrogens is 276 g/mol. The Kier molecular flexibility index (Phi) is 11.8. The monoisotopic (exact) mass is 306 g/mol. The summed E-state index contributed by atoms with van der Waals surface area (Å²) in [6.45, 7) is 4.45. The van der Waals surface area contributed by atoms with E-state index < -0.39 is 7.38 Å². The van der Waals surface area contributed by atoms with Crippen molar-refractivity contribution in [3.05, 3.63) is 0 Å². The van der Waals surface area contributed by atoms with Gasteiger partial charge < -0.3 is 4.74 Å². The van der Waals surface area contributed by atoms with E-state index >= 15 is 0 Å². The molecule has 4 heteroatoms. The summed E-state index contributed by atoms with van der Waals surface area (Å²) in [6, 6.07) is 1.25. The fourth-order valence-corrected chi connectivity index (χ4v) is 3.65. The van der Waals surface area contributed by atoms with E-state index in [2.05, 4.69) is 17.8 Å². The van der Waals surface area contributed by atoms with Gasteiger partial charge in [0.1, 0.15) is 7.38 Å². The van der Waals surface area contributed by atoms with Crippen LogP contribution in [0.4, 0.5) is 0 Å². The third-order valence-corrected chi connectivity index (χ3v) is 5.49. The zero-order valence-electron chi connectivity index (χ0n) is 13.0. The Morgan fingerprint density at radius 2 is 1.32 bits per heavy atom. The van der Waals surface area contributed by atoms with Gasteiger partial charge in [0, 0.05) is 6.42 Å². The highest BCUT2D eigenvalue weighted by Gasteiger charge is 2.15. The number of carbonyl (C=O) groups excluding carboxylic acids is 1. The molecule has 0 N–H and O–H groups in total. The van der Waals surface area contributed by atoms with Gasteiger partial charge in [0.15, 0.2) is 0 Å². The first kappa shape index (κ1) is 19.0. The maximum Gasteiger partial charge on any atom is 0.305 e. The number of methoxy groups -OCH3 is 1. The number of hydrogen-bond donors (Lipinski definition) is 0. The van der Waals surface area contributed by atoms with Crippen LogP contribution in [0.15, 0.2) is 0 Å². The molecule has 0 aliphatic carbocycles. The van der Waals surface area contributed by atoms with Gasteiger partial charge in [-0.1, -0.05) is 64.5 Å². The molecule has 0 unspecified atom stereocenters. The predicted octanol–water partition coefficient (Wildman–Crippen LogP) is 5.50. The molecule has 0 saturated heterocycles. The Morgan fingerprint density at radius 3 is 1.74 bits per heavy atom. The molecule has 2 nitrogen and oxygen atoms in total. The summed E-state index contributed by atoms with van der Waals surface area (Å²) in [5, 5.41) is 0. The maximum absolute atomic E-state index is 10.9. The summed E-state index contributed by atoms with van der Waals surface area (Å²) in [5.74, 6) is -0.0780. The Balaban J connectivity index is 3.09. The molecule has 0 saturated carbocycles. The van der Waals surface area contributed by atoms with E-state index in [1.54, 1.807) is 0 Å². The van der Waals surface area contributed by atoms with Crippen LogP contribution in [0.2, 0.25) is 19.1 Å². The van der Waals surface area contributed by atoms with E-state index in [0.717, 1.165) is 12.8 Å². The van der Waals surface area contributed by atoms with Gasteiger partial charge in [-0.15, -0.1) is 0 Å². The molecule has 0 fully saturated rings. The van der Waals surface area contributed by atoms with Gasteiger partial charge in [-0.25, -0.2) is 0 Å². The first-order valence-electron chi connectivity index (χ1n) is 7.71. The Morgan fingerprint density at radius 1 is 0.895 bits per heavy atom. The van der Waals surface area contributed by atoms with Crippen molar-refractivity contribution in [2.24, 2.45) is 0 Å². The van der Waals surface area contributed by atoms with Crippen LogP contribution in [0.1, 0.15) is 64.2 Å². The minimum atomic E-state index is -1.33. The smallest absolute Gasteiger partial charge is 0.305 e. The first-order chi connectivity index (χ1) is 8.95. The van der Waals surface area contributed by atoms with Crippen LogP contribution < -0.4 is 0 Å². The molecule has 0 rings (SSSR count). The van der Waals surface area contributed by atoms with Crippen molar-refractivity contribution < 1.29 is 9.53 Å². The van der Waals surface area contributed by atoms with Crippen molar-refractivity contribution in [2.75, 3.05) is 7.11 Å². The van der Waals surface area contributed by atoms with Crippen molar-refractivity contribution in [1.82, 2.24) is 0 Å². The average molecular weight is 307 g/mol. The van der Waals surface area contributed by atoms with Gasteiger partial charge >= 0.3 is 5.97 Å². The lowest BCUT2D eigenvalue weighted by atomic mass is 10.1. The third-order valence-electron chi connectivity index (χ3n) is 3.38. The minimum absolute atomic E-state index is 0.0780. The van der Waals surface area contributed by atoms with Gasteiger partial charge in [-0.3, -0.25) is 4.79 Å². The molecule has 0 atom stereocenters. The second-order valence-corrected chi connectivity index (χ2v) is 13.0. The molecular formula is C15H31ClO2Si. The highest BCUT2D eigenvalue weighted by atomic mass is 35.6. The lowest BCUT2D eigenvalue weighted by molar-refractivity contribution is -0.140. The van der Waals surface area contributed by atoms with Crippen LogP contribution in [-0.2, 0) is 9.53 Å². The number of unbranched alkanes of at least 4 members (excludes halogenated alkanes) is 8. The zero-order chi connectivity index (χ0) is 14.6. The van der Waals surface area contributed by atoms with Crippen LogP contribution in [0.3, 0.4) is 0 Å². The molecule has 0 amide bonds. The molecule has 0 heterocycles. The molecule has 19 heavy (non-hydrogen) atoms. The van der Waals surface area contributed by atoms with Crippen molar-refractivity contribution in [1.29, 1.82) is 0 Å². The maximum atomic E-state index is 10.9. The third kappa shape index (κ3) is 15.9. The predicted molar refractivity (Wildman–Crippen MR) is 86.3 cm³/mol. The molecule has 0 aliphatic heterocycles. The van der Waals surface area contributed by atoms with Crippen LogP contribution in [0.5, 0.6) is 0 Å². The number of halogens is 1. The summed E-state index contributed by atoms with van der Waals surface area (Å²) in [7, 11) is 0.129. The zero-order valence-corrected chi connectivity index (χ0v) is 14.7. The lowest BCUT2D eigenvalue weighted by Crippen LogP contribution is -2.14. The number of rotatable bonds is 12. The average Bonchev–Trinajstić information content (AvgIpc) is 2.34. The molecule has 0 bridgehead atoms. The molecule has 0 aliphatic rings. The quantitative estimate of drug-likeness (QED) is 0.206. The molecule has 0 spiro atoms. The SMILES string of the molecule is COC(=O)CCCCCCCCCCC[Si](C)(C)Cl. The lowest BCUT2D eigenvalue weighted by Gasteiger charge is -2.11. The second kappa shape index (κ2) is 11.8. The number of carbonyl (C=O) groups is 1. The van der Waals surface area contributed by atoms with Crippen molar-refractivity contribution in [3.8, 4) is 0 Å². The Hall–Kier alpha value is -0.0231. The highest BCUT2D eigenvalue weighted by molar-refractivity contribution is 7.19. The number of hydrogen-bond acceptors (Lipinski definition) is 2. The summed E-state index contributed by atoms with van der Waals surface area (Å²) in [6.07, 6.45) is 11.9. The fraction of sp³-hybridized carbons (Fsp3) is 0.933. The fourth-order valence-electron chi connectivity index (χ4n) is 2.15. The first-order valence-corrected chi connectivity index (χ1v) is 11.9. The van der Waals surface area contributed by atoms with Gasteiger partial charge in [-0.05, 0) is 12.5 Å². The van der Waals surface area contributed by atoms with Gasteiger partial charge in [-0.2, -0.15) is 11.1 Å². The van der Waals surface area contributed by atoms with Crippen molar-refractivity contribution in [3.63, 3.8) is 0 Å². The van der Waals surface area contributed by atoms with Gasteiger partial charge in [0.25, 0.3) is 0 Å². The molecule has 0 radical (unpaired) electrons. The summed E-state index contributed by atoms with van der Waals surface area (Å²) < 4.78 is 4.61. The summed E-state index contributed by atoms with van der Waals surface area (Å²) in [5.41, 5.74) is 0. The van der Waals surface area contributed by atoms with E-state index in [0.29, 0.717) is 6.42 Å². The van der Waals surface area contributed by atoms with E-state index in [1.807, 2.05) is 0 Å². The van der Waals surface area contributed by atoms with Crippen molar-refractivity contribution in [2.45, 2.75) is 83.3 Å². The standard InChI is InChI=1S/C15H31ClO2Si/c1-18-15(17)13-11-9-7-5-4-6-8-10-12-14-19(2,3)16/h4-14H2,1-3H3. The summed E-state index contributed by atoms with van der Waals surface area (Å²) >= 11 is 6.28. The molecule has 114 valence electrons. The van der Waals surface area contributed by atoms with Gasteiger partial charge in [0.2, 0.25) is 0 Å². The van der Waals surface area contributed by atoms with Crippen LogP contribution in [0, 0.1) is 0 Å².